The molecule has 0 amide bonds. The van der Waals surface area contributed by atoms with Crippen molar-refractivity contribution in [3.05, 3.63) is 45.1 Å². The molecule has 4 aromatic rings. The van der Waals surface area contributed by atoms with Crippen molar-refractivity contribution in [3.63, 3.8) is 0 Å². The lowest BCUT2D eigenvalue weighted by Crippen LogP contribution is -2.29. The zero-order chi connectivity index (χ0) is 20.2. The largest absolute Gasteiger partial charge is 0.465 e. The minimum atomic E-state index is -0.846. The van der Waals surface area contributed by atoms with E-state index in [0.717, 1.165) is 5.56 Å². The highest BCUT2D eigenvalue weighted by Crippen LogP contribution is 2.33. The van der Waals surface area contributed by atoms with Crippen molar-refractivity contribution in [2.45, 2.75) is 26.3 Å². The van der Waals surface area contributed by atoms with Crippen molar-refractivity contribution >= 4 is 38.9 Å². The van der Waals surface area contributed by atoms with Crippen LogP contribution in [0.3, 0.4) is 0 Å². The number of fused-ring (bicyclic) bond motifs is 3. The summed E-state index contributed by atoms with van der Waals surface area (Å²) >= 11 is 1.23. The molecule has 144 valence electrons. The zero-order valence-corrected chi connectivity index (χ0v) is 16.2. The monoisotopic (exact) mass is 401 g/mol. The third-order valence-corrected chi connectivity index (χ3v) is 5.72. The first-order chi connectivity index (χ1) is 13.2. The van der Waals surface area contributed by atoms with Crippen LogP contribution in [0.5, 0.6) is 0 Å². The van der Waals surface area contributed by atoms with Gasteiger partial charge in [-0.25, -0.2) is 19.3 Å². The molecule has 0 saturated heterocycles. The second-order valence-corrected chi connectivity index (χ2v) is 7.63. The molecule has 28 heavy (non-hydrogen) atoms. The van der Waals surface area contributed by atoms with Crippen LogP contribution in [-0.2, 0) is 10.3 Å². The summed E-state index contributed by atoms with van der Waals surface area (Å²) in [6, 6.07) is 0. The molecule has 0 bridgehead atoms. The van der Waals surface area contributed by atoms with Gasteiger partial charge in [-0.2, -0.15) is 5.10 Å². The smallest absolute Gasteiger partial charge is 0.348 e. The first-order valence-corrected chi connectivity index (χ1v) is 8.98. The number of carbonyl (C=O) groups excluding carboxylic acids is 1. The summed E-state index contributed by atoms with van der Waals surface area (Å²) in [7, 11) is 1.33. The first-order valence-electron chi connectivity index (χ1n) is 8.17. The fourth-order valence-corrected chi connectivity index (χ4v) is 3.96. The summed E-state index contributed by atoms with van der Waals surface area (Å²) in [4.78, 5) is 32.6. The van der Waals surface area contributed by atoms with E-state index in [1.54, 1.807) is 0 Å². The van der Waals surface area contributed by atoms with Crippen LogP contribution in [0.25, 0.3) is 15.9 Å². The predicted molar refractivity (Wildman–Crippen MR) is 99.5 cm³/mol. The molecular formula is C16H15N7O4S. The van der Waals surface area contributed by atoms with E-state index in [1.807, 2.05) is 20.8 Å². The highest BCUT2D eigenvalue weighted by molar-refractivity contribution is 7.20. The number of carbonyl (C=O) groups is 1. The summed E-state index contributed by atoms with van der Waals surface area (Å²) in [5, 5.41) is 20.2. The van der Waals surface area contributed by atoms with Gasteiger partial charge in [-0.05, 0) is 26.3 Å². The fourth-order valence-electron chi connectivity index (χ4n) is 2.90. The standard InChI is InChI=1S/C16H15N7O4S/c1-8-10-12-19-15(16(2,3)22-6-9(5-18-22)23(25)26)20-21(12)7-17-13(10)28-11(8)14(24)27-4/h5-7H,1-4H3. The Balaban J connectivity index is 1.89. The van der Waals surface area contributed by atoms with Crippen LogP contribution >= 0.6 is 11.3 Å². The van der Waals surface area contributed by atoms with Gasteiger partial charge in [-0.3, -0.25) is 14.8 Å². The van der Waals surface area contributed by atoms with Crippen LogP contribution in [0, 0.1) is 17.0 Å². The average Bonchev–Trinajstić information content (AvgIpc) is 3.37. The van der Waals surface area contributed by atoms with Gasteiger partial charge >= 0.3 is 11.7 Å². The number of nitro groups is 1. The molecule has 0 unspecified atom stereocenters. The predicted octanol–water partition coefficient (Wildman–Crippen LogP) is 2.32. The molecule has 0 radical (unpaired) electrons. The highest BCUT2D eigenvalue weighted by atomic mass is 32.1. The molecule has 0 saturated carbocycles. The number of hydrogen-bond donors (Lipinski definition) is 0. The van der Waals surface area contributed by atoms with E-state index >= 15 is 0 Å². The van der Waals surface area contributed by atoms with Crippen molar-refractivity contribution in [3.8, 4) is 0 Å². The molecule has 4 heterocycles. The minimum Gasteiger partial charge on any atom is -0.465 e. The Morgan fingerprint density at radius 1 is 1.39 bits per heavy atom. The van der Waals surface area contributed by atoms with Gasteiger partial charge in [0.05, 0.1) is 17.4 Å². The lowest BCUT2D eigenvalue weighted by Gasteiger charge is -2.20. The molecule has 0 aliphatic heterocycles. The molecule has 11 nitrogen and oxygen atoms in total. The van der Waals surface area contributed by atoms with Gasteiger partial charge in [0, 0.05) is 0 Å². The van der Waals surface area contributed by atoms with Gasteiger partial charge < -0.3 is 4.74 Å². The van der Waals surface area contributed by atoms with E-state index in [4.69, 9.17) is 4.74 Å². The van der Waals surface area contributed by atoms with Crippen LogP contribution in [0.15, 0.2) is 18.7 Å². The lowest BCUT2D eigenvalue weighted by molar-refractivity contribution is -0.385. The molecule has 0 aromatic carbocycles. The topological polar surface area (TPSA) is 130 Å². The van der Waals surface area contributed by atoms with Gasteiger partial charge in [-0.15, -0.1) is 16.4 Å². The summed E-state index contributed by atoms with van der Waals surface area (Å²) in [5.74, 6) is -0.0208. The minimum absolute atomic E-state index is 0.114. The van der Waals surface area contributed by atoms with Gasteiger partial charge in [0.2, 0.25) is 0 Å². The molecule has 0 atom stereocenters. The Morgan fingerprint density at radius 2 is 2.14 bits per heavy atom. The number of nitrogens with zero attached hydrogens (tertiary/aromatic N) is 7. The second kappa shape index (κ2) is 6.05. The normalized spacial score (nSPS) is 12.0. The Morgan fingerprint density at radius 3 is 2.79 bits per heavy atom. The van der Waals surface area contributed by atoms with Crippen molar-refractivity contribution in [2.75, 3.05) is 7.11 Å². The van der Waals surface area contributed by atoms with E-state index in [2.05, 4.69) is 20.2 Å². The third-order valence-electron chi connectivity index (χ3n) is 4.54. The van der Waals surface area contributed by atoms with E-state index in [9.17, 15) is 14.9 Å². The summed E-state index contributed by atoms with van der Waals surface area (Å²) in [6.45, 7) is 5.43. The molecule has 12 heteroatoms. The van der Waals surface area contributed by atoms with Crippen molar-refractivity contribution in [1.29, 1.82) is 0 Å². The maximum absolute atomic E-state index is 12.0. The number of ether oxygens (including phenoxy) is 1. The molecule has 0 spiro atoms. The highest BCUT2D eigenvalue weighted by Gasteiger charge is 2.31. The molecule has 4 aromatic heterocycles. The number of hydrogen-bond acceptors (Lipinski definition) is 9. The van der Waals surface area contributed by atoms with Crippen LogP contribution in [-0.4, -0.2) is 47.4 Å². The number of aromatic nitrogens is 6. The fraction of sp³-hybridized carbons (Fsp3) is 0.312. The number of esters is 1. The number of aryl methyl sites for hydroxylation is 1. The number of rotatable bonds is 4. The van der Waals surface area contributed by atoms with Crippen LogP contribution in [0.1, 0.15) is 34.9 Å². The van der Waals surface area contributed by atoms with Gasteiger partial charge in [0.25, 0.3) is 0 Å². The van der Waals surface area contributed by atoms with E-state index in [0.29, 0.717) is 26.6 Å². The van der Waals surface area contributed by atoms with E-state index in [-0.39, 0.29) is 5.69 Å². The first kappa shape index (κ1) is 18.0. The van der Waals surface area contributed by atoms with E-state index in [1.165, 1.54) is 46.4 Å². The van der Waals surface area contributed by atoms with Crippen molar-refractivity contribution in [1.82, 2.24) is 29.4 Å². The van der Waals surface area contributed by atoms with Crippen LogP contribution in [0.2, 0.25) is 0 Å². The molecule has 0 N–H and O–H groups in total. The third kappa shape index (κ3) is 2.52. The van der Waals surface area contributed by atoms with Gasteiger partial charge in [0.15, 0.2) is 11.5 Å². The number of thiophene rings is 1. The van der Waals surface area contributed by atoms with Crippen LogP contribution < -0.4 is 0 Å². The lowest BCUT2D eigenvalue weighted by atomic mass is 10.1. The maximum Gasteiger partial charge on any atom is 0.348 e. The van der Waals surface area contributed by atoms with E-state index < -0.39 is 16.4 Å². The number of methoxy groups -OCH3 is 1. The summed E-state index contributed by atoms with van der Waals surface area (Å²) in [6.07, 6.45) is 4.04. The molecule has 4 rings (SSSR count). The van der Waals surface area contributed by atoms with Gasteiger partial charge in [-0.1, -0.05) is 0 Å². The Kier molecular flexibility index (Phi) is 3.89. The van der Waals surface area contributed by atoms with Crippen molar-refractivity contribution < 1.29 is 14.5 Å². The molecular weight excluding hydrogens is 386 g/mol. The second-order valence-electron chi connectivity index (χ2n) is 6.64. The Hall–Kier alpha value is -3.41. The molecule has 0 fully saturated rings. The molecule has 0 aliphatic carbocycles. The maximum atomic E-state index is 12.0. The summed E-state index contributed by atoms with van der Waals surface area (Å²) in [5.41, 5.74) is 0.300. The average molecular weight is 401 g/mol. The quantitative estimate of drug-likeness (QED) is 0.289. The van der Waals surface area contributed by atoms with Gasteiger partial charge in [0.1, 0.15) is 34.0 Å². The Bertz CT molecular complexity index is 1250. The zero-order valence-electron chi connectivity index (χ0n) is 15.4. The molecule has 0 aliphatic rings. The van der Waals surface area contributed by atoms with Crippen LogP contribution in [0.4, 0.5) is 5.69 Å². The van der Waals surface area contributed by atoms with Crippen molar-refractivity contribution in [2.24, 2.45) is 0 Å². The Labute approximate surface area is 161 Å². The SMILES string of the molecule is COC(=O)c1sc2ncn3nc(C(C)(C)n4cc([N+](=O)[O-])cn4)nc3c2c1C. The summed E-state index contributed by atoms with van der Waals surface area (Å²) < 4.78 is 7.81.